The number of aryl methyl sites for hydroxylation is 1. The molecule has 3 unspecified atom stereocenters. The highest BCUT2D eigenvalue weighted by Crippen LogP contribution is 2.23. The fraction of sp³-hybridized carbons (Fsp3) is 0.632. The lowest BCUT2D eigenvalue weighted by atomic mass is 10.1. The van der Waals surface area contributed by atoms with Gasteiger partial charge in [0.1, 0.15) is 5.82 Å². The molecule has 0 bridgehead atoms. The van der Waals surface area contributed by atoms with Crippen molar-refractivity contribution in [1.29, 1.82) is 0 Å². The molecule has 2 fully saturated rings. The molecule has 2 aliphatic heterocycles. The number of anilines is 1. The van der Waals surface area contributed by atoms with E-state index in [1.165, 1.54) is 12.1 Å². The van der Waals surface area contributed by atoms with Crippen LogP contribution in [0.2, 0.25) is 0 Å². The summed E-state index contributed by atoms with van der Waals surface area (Å²) in [6.45, 7) is 9.47. The molecule has 2 saturated heterocycles. The molecule has 2 amide bonds. The molecule has 0 aliphatic carbocycles. The van der Waals surface area contributed by atoms with Gasteiger partial charge in [-0.2, -0.15) is 0 Å². The van der Waals surface area contributed by atoms with Crippen LogP contribution in [0.15, 0.2) is 18.2 Å². The zero-order valence-corrected chi connectivity index (χ0v) is 15.3. The third kappa shape index (κ3) is 4.50. The molecule has 3 atom stereocenters. The summed E-state index contributed by atoms with van der Waals surface area (Å²) in [6.07, 6.45) is 2.51. The number of carbonyl (C=O) groups excluding carboxylic acids is 1. The number of hydrogen-bond acceptors (Lipinski definition) is 3. The first kappa shape index (κ1) is 18.1. The van der Waals surface area contributed by atoms with Gasteiger partial charge in [-0.3, -0.25) is 4.90 Å². The molecule has 0 saturated carbocycles. The number of morpholine rings is 1. The number of benzene rings is 1. The van der Waals surface area contributed by atoms with E-state index in [4.69, 9.17) is 4.74 Å². The maximum absolute atomic E-state index is 13.2. The standard InChI is InChI=1S/C19H28FN3O2/c1-13-9-16(20)6-7-18(13)21-19(24)23-8-4-5-17(23)12-22-10-14(2)25-15(3)11-22/h6-7,9,14-15,17H,4-5,8,10-12H2,1-3H3,(H,21,24). The lowest BCUT2D eigenvalue weighted by Gasteiger charge is -2.38. The first-order valence-corrected chi connectivity index (χ1v) is 9.14. The monoisotopic (exact) mass is 349 g/mol. The lowest BCUT2D eigenvalue weighted by molar-refractivity contribution is -0.0712. The minimum atomic E-state index is -0.287. The Bertz CT molecular complexity index is 615. The number of likely N-dealkylation sites (tertiary alicyclic amines) is 1. The van der Waals surface area contributed by atoms with Gasteiger partial charge >= 0.3 is 6.03 Å². The molecule has 0 aromatic heterocycles. The summed E-state index contributed by atoms with van der Waals surface area (Å²) < 4.78 is 19.0. The van der Waals surface area contributed by atoms with Crippen LogP contribution in [0, 0.1) is 12.7 Å². The Morgan fingerprint density at radius 3 is 2.72 bits per heavy atom. The molecule has 1 aromatic rings. The minimum Gasteiger partial charge on any atom is -0.373 e. The zero-order valence-electron chi connectivity index (χ0n) is 15.3. The van der Waals surface area contributed by atoms with Crippen LogP contribution in [0.25, 0.3) is 0 Å². The van der Waals surface area contributed by atoms with E-state index in [1.807, 2.05) is 4.90 Å². The molecule has 0 spiro atoms. The maximum atomic E-state index is 13.2. The fourth-order valence-electron chi connectivity index (χ4n) is 3.98. The van der Waals surface area contributed by atoms with E-state index in [0.29, 0.717) is 5.69 Å². The molecular formula is C19H28FN3O2. The number of carbonyl (C=O) groups is 1. The number of nitrogens with zero attached hydrogens (tertiary/aromatic N) is 2. The van der Waals surface area contributed by atoms with E-state index in [2.05, 4.69) is 24.1 Å². The maximum Gasteiger partial charge on any atom is 0.322 e. The molecular weight excluding hydrogens is 321 g/mol. The third-order valence-electron chi connectivity index (χ3n) is 5.03. The van der Waals surface area contributed by atoms with Crippen LogP contribution in [0.1, 0.15) is 32.3 Å². The summed E-state index contributed by atoms with van der Waals surface area (Å²) in [6, 6.07) is 4.57. The molecule has 0 radical (unpaired) electrons. The van der Waals surface area contributed by atoms with Crippen LogP contribution in [-0.4, -0.2) is 60.3 Å². The van der Waals surface area contributed by atoms with Crippen molar-refractivity contribution < 1.29 is 13.9 Å². The molecule has 1 N–H and O–H groups in total. The van der Waals surface area contributed by atoms with Gasteiger partial charge in [0.15, 0.2) is 0 Å². The van der Waals surface area contributed by atoms with Crippen LogP contribution in [0.5, 0.6) is 0 Å². The second kappa shape index (κ2) is 7.70. The van der Waals surface area contributed by atoms with Crippen molar-refractivity contribution in [2.75, 3.05) is 31.5 Å². The highest BCUT2D eigenvalue weighted by molar-refractivity contribution is 5.90. The number of hydrogen-bond donors (Lipinski definition) is 1. The Hall–Kier alpha value is -1.66. The number of ether oxygens (including phenoxy) is 1. The number of nitrogens with one attached hydrogen (secondary N) is 1. The van der Waals surface area contributed by atoms with Gasteiger partial charge in [0.25, 0.3) is 0 Å². The van der Waals surface area contributed by atoms with Crippen LogP contribution in [0.4, 0.5) is 14.9 Å². The second-order valence-electron chi connectivity index (χ2n) is 7.35. The summed E-state index contributed by atoms with van der Waals surface area (Å²) in [7, 11) is 0. The summed E-state index contributed by atoms with van der Waals surface area (Å²) >= 11 is 0. The highest BCUT2D eigenvalue weighted by Gasteiger charge is 2.32. The molecule has 2 heterocycles. The van der Waals surface area contributed by atoms with E-state index in [-0.39, 0.29) is 30.1 Å². The van der Waals surface area contributed by atoms with Crippen molar-refractivity contribution in [2.24, 2.45) is 0 Å². The molecule has 2 aliphatic rings. The fourth-order valence-corrected chi connectivity index (χ4v) is 3.98. The molecule has 138 valence electrons. The number of amides is 2. The minimum absolute atomic E-state index is 0.0911. The Balaban J connectivity index is 1.61. The number of rotatable bonds is 3. The van der Waals surface area contributed by atoms with E-state index in [1.54, 1.807) is 13.0 Å². The Morgan fingerprint density at radius 2 is 2.04 bits per heavy atom. The second-order valence-corrected chi connectivity index (χ2v) is 7.35. The Morgan fingerprint density at radius 1 is 1.32 bits per heavy atom. The highest BCUT2D eigenvalue weighted by atomic mass is 19.1. The van der Waals surface area contributed by atoms with Gasteiger partial charge < -0.3 is 15.0 Å². The van der Waals surface area contributed by atoms with Gasteiger partial charge in [-0.1, -0.05) is 0 Å². The van der Waals surface area contributed by atoms with Gasteiger partial charge in [0.2, 0.25) is 0 Å². The zero-order chi connectivity index (χ0) is 18.0. The van der Waals surface area contributed by atoms with Gasteiger partial charge in [-0.15, -0.1) is 0 Å². The Kier molecular flexibility index (Phi) is 5.59. The first-order valence-electron chi connectivity index (χ1n) is 9.14. The first-order chi connectivity index (χ1) is 11.9. The third-order valence-corrected chi connectivity index (χ3v) is 5.03. The van der Waals surface area contributed by atoms with E-state index in [0.717, 1.165) is 44.6 Å². The van der Waals surface area contributed by atoms with Crippen molar-refractivity contribution in [3.05, 3.63) is 29.6 Å². The quantitative estimate of drug-likeness (QED) is 0.911. The summed E-state index contributed by atoms with van der Waals surface area (Å²) in [5.74, 6) is -0.287. The van der Waals surface area contributed by atoms with E-state index >= 15 is 0 Å². The van der Waals surface area contributed by atoms with Crippen molar-refractivity contribution in [3.63, 3.8) is 0 Å². The number of urea groups is 1. The summed E-state index contributed by atoms with van der Waals surface area (Å²) in [4.78, 5) is 17.0. The predicted octanol–water partition coefficient (Wildman–Crippen LogP) is 3.24. The van der Waals surface area contributed by atoms with Crippen molar-refractivity contribution in [2.45, 2.75) is 51.9 Å². The average Bonchev–Trinajstić information content (AvgIpc) is 2.97. The van der Waals surface area contributed by atoms with E-state index < -0.39 is 0 Å². The molecule has 3 rings (SSSR count). The molecule has 6 heteroatoms. The van der Waals surface area contributed by atoms with Crippen LogP contribution in [0.3, 0.4) is 0 Å². The van der Waals surface area contributed by atoms with Crippen LogP contribution >= 0.6 is 0 Å². The van der Waals surface area contributed by atoms with Crippen molar-refractivity contribution >= 4 is 11.7 Å². The van der Waals surface area contributed by atoms with Crippen LogP contribution in [-0.2, 0) is 4.74 Å². The van der Waals surface area contributed by atoms with Gasteiger partial charge in [-0.25, -0.2) is 9.18 Å². The summed E-state index contributed by atoms with van der Waals surface area (Å²) in [5.41, 5.74) is 1.41. The predicted molar refractivity (Wildman–Crippen MR) is 96.3 cm³/mol. The molecule has 5 nitrogen and oxygen atoms in total. The van der Waals surface area contributed by atoms with Crippen molar-refractivity contribution in [3.8, 4) is 0 Å². The van der Waals surface area contributed by atoms with Gasteiger partial charge in [0.05, 0.1) is 12.2 Å². The van der Waals surface area contributed by atoms with Gasteiger partial charge in [-0.05, 0) is 57.4 Å². The normalized spacial score (nSPS) is 27.5. The SMILES string of the molecule is Cc1cc(F)ccc1NC(=O)N1CCCC1CN1CC(C)OC(C)C1. The number of halogens is 1. The Labute approximate surface area is 149 Å². The average molecular weight is 349 g/mol. The smallest absolute Gasteiger partial charge is 0.322 e. The topological polar surface area (TPSA) is 44.8 Å². The largest absolute Gasteiger partial charge is 0.373 e. The van der Waals surface area contributed by atoms with Gasteiger partial charge in [0, 0.05) is 37.9 Å². The molecule has 1 aromatic carbocycles. The van der Waals surface area contributed by atoms with Crippen molar-refractivity contribution in [1.82, 2.24) is 9.80 Å². The molecule has 25 heavy (non-hydrogen) atoms. The lowest BCUT2D eigenvalue weighted by Crippen LogP contribution is -2.51. The van der Waals surface area contributed by atoms with Crippen LogP contribution < -0.4 is 5.32 Å². The van der Waals surface area contributed by atoms with E-state index in [9.17, 15) is 9.18 Å². The summed E-state index contributed by atoms with van der Waals surface area (Å²) in [5, 5.41) is 2.94.